The van der Waals surface area contributed by atoms with Crippen LogP contribution in [-0.2, 0) is 0 Å². The summed E-state index contributed by atoms with van der Waals surface area (Å²) >= 11 is 0. The first-order valence-corrected chi connectivity index (χ1v) is 6.15. The molecule has 2 fully saturated rings. The van der Waals surface area contributed by atoms with Crippen LogP contribution in [0.5, 0.6) is 0 Å². The molecule has 0 aromatic carbocycles. The van der Waals surface area contributed by atoms with Crippen LogP contribution in [0.15, 0.2) is 0 Å². The lowest BCUT2D eigenvalue weighted by Crippen LogP contribution is -2.51. The van der Waals surface area contributed by atoms with Crippen LogP contribution < -0.4 is 0 Å². The monoisotopic (exact) mass is 196 g/mol. The van der Waals surface area contributed by atoms with E-state index in [-0.39, 0.29) is 11.5 Å². The molecule has 1 heteroatoms. The van der Waals surface area contributed by atoms with Gasteiger partial charge in [0.15, 0.2) is 0 Å². The van der Waals surface area contributed by atoms with Gasteiger partial charge in [-0.25, -0.2) is 0 Å². The van der Waals surface area contributed by atoms with Crippen LogP contribution in [0, 0.1) is 16.7 Å². The first-order chi connectivity index (χ1) is 6.47. The second-order valence-electron chi connectivity index (χ2n) is 6.33. The van der Waals surface area contributed by atoms with E-state index in [1.807, 2.05) is 0 Å². The highest BCUT2D eigenvalue weighted by molar-refractivity contribution is 5.01. The van der Waals surface area contributed by atoms with Gasteiger partial charge in [0.05, 0.1) is 6.10 Å². The molecule has 2 unspecified atom stereocenters. The van der Waals surface area contributed by atoms with E-state index >= 15 is 0 Å². The van der Waals surface area contributed by atoms with Crippen molar-refractivity contribution in [2.24, 2.45) is 16.7 Å². The highest BCUT2D eigenvalue weighted by Gasteiger charge is 2.51. The minimum absolute atomic E-state index is 0.0707. The molecule has 0 aromatic heterocycles. The summed E-state index contributed by atoms with van der Waals surface area (Å²) in [7, 11) is 0. The summed E-state index contributed by atoms with van der Waals surface area (Å²) in [4.78, 5) is 0. The van der Waals surface area contributed by atoms with E-state index in [9.17, 15) is 5.11 Å². The van der Waals surface area contributed by atoms with Crippen molar-refractivity contribution in [2.75, 3.05) is 0 Å². The molecule has 3 atom stereocenters. The van der Waals surface area contributed by atoms with Gasteiger partial charge in [-0.2, -0.15) is 0 Å². The lowest BCUT2D eigenvalue weighted by atomic mass is 9.51. The van der Waals surface area contributed by atoms with Gasteiger partial charge in [0, 0.05) is 0 Å². The smallest absolute Gasteiger partial charge is 0.0594 e. The van der Waals surface area contributed by atoms with Crippen molar-refractivity contribution >= 4 is 0 Å². The Kier molecular flexibility index (Phi) is 2.42. The van der Waals surface area contributed by atoms with Crippen molar-refractivity contribution in [3.05, 3.63) is 0 Å². The number of rotatable bonds is 0. The maximum absolute atomic E-state index is 10.1. The summed E-state index contributed by atoms with van der Waals surface area (Å²) in [5.41, 5.74) is 0.675. The molecule has 0 saturated heterocycles. The molecule has 2 aliphatic rings. The van der Waals surface area contributed by atoms with E-state index in [0.717, 1.165) is 12.3 Å². The highest BCUT2D eigenvalue weighted by atomic mass is 16.3. The van der Waals surface area contributed by atoms with Crippen molar-refractivity contribution in [3.8, 4) is 0 Å². The van der Waals surface area contributed by atoms with Gasteiger partial charge >= 0.3 is 0 Å². The normalized spacial score (nSPS) is 47.1. The third kappa shape index (κ3) is 1.41. The summed E-state index contributed by atoms with van der Waals surface area (Å²) in [5, 5.41) is 10.1. The van der Waals surface area contributed by atoms with E-state index in [0.29, 0.717) is 5.41 Å². The Bertz CT molecular complexity index is 217. The van der Waals surface area contributed by atoms with Crippen LogP contribution in [-0.4, -0.2) is 11.2 Å². The third-order valence-corrected chi connectivity index (χ3v) is 5.08. The Morgan fingerprint density at radius 3 is 2.43 bits per heavy atom. The van der Waals surface area contributed by atoms with E-state index < -0.39 is 0 Å². The molecule has 14 heavy (non-hydrogen) atoms. The molecule has 2 saturated carbocycles. The minimum Gasteiger partial charge on any atom is -0.393 e. The van der Waals surface area contributed by atoms with Gasteiger partial charge < -0.3 is 5.11 Å². The molecule has 1 nitrogen and oxygen atoms in total. The van der Waals surface area contributed by atoms with Gasteiger partial charge in [-0.1, -0.05) is 33.6 Å². The average Bonchev–Trinajstić information content (AvgIpc) is 2.13. The number of aliphatic hydroxyl groups excluding tert-OH is 1. The van der Waals surface area contributed by atoms with Crippen molar-refractivity contribution < 1.29 is 5.11 Å². The number of aliphatic hydroxyl groups is 1. The molecule has 0 radical (unpaired) electrons. The summed E-state index contributed by atoms with van der Waals surface area (Å²) in [6.45, 7) is 6.99. The van der Waals surface area contributed by atoms with E-state index in [1.165, 1.54) is 32.1 Å². The van der Waals surface area contributed by atoms with Crippen LogP contribution in [0.4, 0.5) is 0 Å². The largest absolute Gasteiger partial charge is 0.393 e. The predicted octanol–water partition coefficient (Wildman–Crippen LogP) is 3.36. The second-order valence-corrected chi connectivity index (χ2v) is 6.33. The lowest BCUT2D eigenvalue weighted by Gasteiger charge is -2.55. The molecule has 82 valence electrons. The Morgan fingerprint density at radius 1 is 1.00 bits per heavy atom. The molecule has 0 bridgehead atoms. The number of hydrogen-bond acceptors (Lipinski definition) is 1. The van der Waals surface area contributed by atoms with Crippen molar-refractivity contribution in [1.29, 1.82) is 0 Å². The van der Waals surface area contributed by atoms with Gasteiger partial charge in [-0.05, 0) is 42.4 Å². The molecule has 2 rings (SSSR count). The summed E-state index contributed by atoms with van der Waals surface area (Å²) in [6.07, 6.45) is 7.67. The minimum atomic E-state index is -0.0707. The Labute approximate surface area is 87.9 Å². The van der Waals surface area contributed by atoms with Gasteiger partial charge in [-0.3, -0.25) is 0 Å². The first-order valence-electron chi connectivity index (χ1n) is 6.15. The molecule has 0 amide bonds. The molecular weight excluding hydrogens is 172 g/mol. The molecule has 0 aliphatic heterocycles. The Hall–Kier alpha value is -0.0400. The maximum atomic E-state index is 10.1. The molecule has 0 heterocycles. The van der Waals surface area contributed by atoms with Gasteiger partial charge in [0.25, 0.3) is 0 Å². The van der Waals surface area contributed by atoms with E-state index in [1.54, 1.807) is 0 Å². The Morgan fingerprint density at radius 2 is 1.71 bits per heavy atom. The van der Waals surface area contributed by atoms with Crippen molar-refractivity contribution in [1.82, 2.24) is 0 Å². The fourth-order valence-electron chi connectivity index (χ4n) is 4.04. The molecule has 2 aliphatic carbocycles. The molecule has 0 aromatic rings. The average molecular weight is 196 g/mol. The predicted molar refractivity (Wildman–Crippen MR) is 59.1 cm³/mol. The molecule has 0 spiro atoms. The van der Waals surface area contributed by atoms with E-state index in [4.69, 9.17) is 0 Å². The van der Waals surface area contributed by atoms with Crippen LogP contribution in [0.25, 0.3) is 0 Å². The third-order valence-electron chi connectivity index (χ3n) is 5.08. The zero-order valence-corrected chi connectivity index (χ0v) is 9.84. The summed E-state index contributed by atoms with van der Waals surface area (Å²) < 4.78 is 0. The topological polar surface area (TPSA) is 20.2 Å². The molecular formula is C13H24O. The number of hydrogen-bond donors (Lipinski definition) is 1. The first kappa shape index (κ1) is 10.5. The van der Waals surface area contributed by atoms with Gasteiger partial charge in [-0.15, -0.1) is 0 Å². The zero-order chi connectivity index (χ0) is 10.4. The second kappa shape index (κ2) is 3.23. The van der Waals surface area contributed by atoms with Crippen LogP contribution in [0.3, 0.4) is 0 Å². The Balaban J connectivity index is 2.26. The van der Waals surface area contributed by atoms with Crippen molar-refractivity contribution in [2.45, 2.75) is 65.4 Å². The van der Waals surface area contributed by atoms with Gasteiger partial charge in [0.2, 0.25) is 0 Å². The standard InChI is InChI=1S/C13H24O/c1-12(2)10-6-4-5-8-13(10,3)9-7-11(12)14/h10-11,14H,4-9H2,1-3H3/t10?,11?,13-/m0/s1. The van der Waals surface area contributed by atoms with Crippen LogP contribution >= 0.6 is 0 Å². The number of fused-ring (bicyclic) bond motifs is 1. The summed E-state index contributed by atoms with van der Waals surface area (Å²) in [5.74, 6) is 0.743. The van der Waals surface area contributed by atoms with Crippen LogP contribution in [0.1, 0.15) is 59.3 Å². The van der Waals surface area contributed by atoms with E-state index in [2.05, 4.69) is 20.8 Å². The fraction of sp³-hybridized carbons (Fsp3) is 1.00. The zero-order valence-electron chi connectivity index (χ0n) is 9.84. The van der Waals surface area contributed by atoms with Gasteiger partial charge in [0.1, 0.15) is 0 Å². The SMILES string of the molecule is CC1(C)C(O)CC[C@]2(C)CCCCC12. The molecule has 1 N–H and O–H groups in total. The fourth-order valence-corrected chi connectivity index (χ4v) is 4.04. The van der Waals surface area contributed by atoms with Crippen molar-refractivity contribution in [3.63, 3.8) is 0 Å². The maximum Gasteiger partial charge on any atom is 0.0594 e. The van der Waals surface area contributed by atoms with Crippen LogP contribution in [0.2, 0.25) is 0 Å². The lowest BCUT2D eigenvalue weighted by molar-refractivity contribution is -0.112. The summed E-state index contributed by atoms with van der Waals surface area (Å²) in [6, 6.07) is 0. The highest BCUT2D eigenvalue weighted by Crippen LogP contribution is 2.57. The quantitative estimate of drug-likeness (QED) is 0.630.